The van der Waals surface area contributed by atoms with Gasteiger partial charge < -0.3 is 54.5 Å². The third-order valence-corrected chi connectivity index (χ3v) is 15.2. The number of rotatable bonds is 21. The maximum atomic E-state index is 13.6. The lowest BCUT2D eigenvalue weighted by atomic mass is 10.0. The first-order valence-electron chi connectivity index (χ1n) is 26.5. The quantitative estimate of drug-likeness (QED) is 0.0867. The van der Waals surface area contributed by atoms with Crippen molar-refractivity contribution in [3.63, 3.8) is 0 Å². The summed E-state index contributed by atoms with van der Waals surface area (Å²) in [5.74, 6) is 0.0785. The fraction of sp³-hybridized carbons (Fsp3) is 0.585. The number of hydrogen-bond acceptors (Lipinski definition) is 16. The van der Waals surface area contributed by atoms with Crippen LogP contribution in [0.25, 0.3) is 0 Å². The number of likely N-dealkylation sites (N-methyl/N-ethyl adjacent to an activating group) is 1. The van der Waals surface area contributed by atoms with E-state index in [4.69, 9.17) is 23.9 Å². The van der Waals surface area contributed by atoms with Gasteiger partial charge in [0.05, 0.1) is 45.4 Å². The monoisotopic (exact) mass is 1020 g/mol. The van der Waals surface area contributed by atoms with E-state index >= 15 is 0 Å². The molecule has 1 aliphatic carbocycles. The Hall–Kier alpha value is -6.26. The van der Waals surface area contributed by atoms with Crippen LogP contribution in [-0.2, 0) is 39.9 Å². The molecule has 4 N–H and O–H groups in total. The topological polar surface area (TPSA) is 229 Å². The summed E-state index contributed by atoms with van der Waals surface area (Å²) in [4.78, 5) is 97.4. The second-order valence-electron chi connectivity index (χ2n) is 20.0. The third-order valence-electron chi connectivity index (χ3n) is 15.2. The lowest BCUT2D eigenvalue weighted by Crippen LogP contribution is -2.55. The highest BCUT2D eigenvalue weighted by Gasteiger charge is 2.42. The summed E-state index contributed by atoms with van der Waals surface area (Å²) in [6.45, 7) is 7.48. The SMILES string of the molecule is CC[C@@H]1C(=O)N(C)c2cnc(Nc3ccc(C(=O)NC4CCN(CCOCCN(CCOC5CCCCO5)CC(=O)Nc5cccc6c5CN(C5CCC(=O)NC5=O)C6=O)CC4)cc3OC)nc2N1C1CCCC1. The van der Waals surface area contributed by atoms with Crippen molar-refractivity contribution in [1.82, 2.24) is 35.3 Å². The van der Waals surface area contributed by atoms with Crippen molar-refractivity contribution in [2.45, 2.75) is 121 Å². The highest BCUT2D eigenvalue weighted by molar-refractivity contribution is 6.07. The predicted molar refractivity (Wildman–Crippen MR) is 275 cm³/mol. The van der Waals surface area contributed by atoms with Gasteiger partial charge in [0.1, 0.15) is 23.5 Å². The average Bonchev–Trinajstić information content (AvgIpc) is 4.06. The number of piperidine rings is 2. The summed E-state index contributed by atoms with van der Waals surface area (Å²) in [5.41, 5.74) is 3.35. The molecule has 4 fully saturated rings. The zero-order chi connectivity index (χ0) is 51.7. The van der Waals surface area contributed by atoms with Crippen LogP contribution >= 0.6 is 0 Å². The number of likely N-dealkylation sites (tertiary alicyclic amines) is 1. The first-order valence-corrected chi connectivity index (χ1v) is 26.5. The molecule has 6 amide bonds. The van der Waals surface area contributed by atoms with Crippen molar-refractivity contribution in [3.05, 3.63) is 59.3 Å². The molecular formula is C53H71N11O10. The largest absolute Gasteiger partial charge is 0.495 e. The van der Waals surface area contributed by atoms with Gasteiger partial charge in [-0.25, -0.2) is 4.98 Å². The minimum Gasteiger partial charge on any atom is -0.495 e. The van der Waals surface area contributed by atoms with Crippen LogP contribution in [-0.4, -0.2) is 170 Å². The van der Waals surface area contributed by atoms with Gasteiger partial charge in [-0.15, -0.1) is 0 Å². The van der Waals surface area contributed by atoms with Crippen molar-refractivity contribution >= 4 is 64.3 Å². The molecular weight excluding hydrogens is 951 g/mol. The van der Waals surface area contributed by atoms with E-state index in [-0.39, 0.29) is 79.9 Å². The van der Waals surface area contributed by atoms with E-state index in [9.17, 15) is 28.8 Å². The van der Waals surface area contributed by atoms with E-state index in [0.29, 0.717) is 91.4 Å². The number of amides is 6. The van der Waals surface area contributed by atoms with Crippen molar-refractivity contribution in [3.8, 4) is 5.75 Å². The van der Waals surface area contributed by atoms with Gasteiger partial charge in [-0.3, -0.25) is 39.0 Å². The van der Waals surface area contributed by atoms with Crippen LogP contribution in [0.1, 0.15) is 110 Å². The number of methoxy groups -OCH3 is 1. The Labute approximate surface area is 432 Å². The highest BCUT2D eigenvalue weighted by Crippen LogP contribution is 2.41. The Morgan fingerprint density at radius 2 is 1.73 bits per heavy atom. The van der Waals surface area contributed by atoms with Gasteiger partial charge in [0.2, 0.25) is 29.6 Å². The molecule has 3 aromatic rings. The van der Waals surface area contributed by atoms with E-state index in [1.54, 1.807) is 61.7 Å². The minimum atomic E-state index is -0.754. The molecule has 0 spiro atoms. The molecule has 3 saturated heterocycles. The number of imide groups is 1. The van der Waals surface area contributed by atoms with Crippen molar-refractivity contribution in [1.29, 1.82) is 0 Å². The minimum absolute atomic E-state index is 0.00905. The fourth-order valence-electron chi connectivity index (χ4n) is 11.1. The molecule has 2 aromatic carbocycles. The first kappa shape index (κ1) is 52.6. The smallest absolute Gasteiger partial charge is 0.255 e. The van der Waals surface area contributed by atoms with Crippen LogP contribution in [0.2, 0.25) is 0 Å². The number of aromatic nitrogens is 2. The molecule has 0 bridgehead atoms. The standard InChI is InChI=1S/C53H71N11O10/c1-4-41-52(70)60(2)43-31-54-53(59-48(43)64(41)36-10-5-6-11-36)57-40-16-15-34(30-44(40)71-3)49(67)55-35-19-21-61(22-20-35)23-27-72-28-24-62(25-29-74-47-14-7-8-26-73-47)33-46(66)56-39-13-9-12-37-38(39)32-63(51(37)69)42-17-18-45(65)58-50(42)68/h9,12-13,15-16,30-31,35-36,41-42,47H,4-8,10-11,14,17-29,32-33H2,1-3H3,(H,55,67)(H,56,66)(H,54,57,59)(H,58,65,68)/t41-,42?,47?/m1/s1. The molecule has 6 heterocycles. The summed E-state index contributed by atoms with van der Waals surface area (Å²) >= 11 is 0. The number of nitrogens with zero attached hydrogens (tertiary/aromatic N) is 7. The van der Waals surface area contributed by atoms with Crippen molar-refractivity contribution in [2.75, 3.05) is 100 Å². The zero-order valence-corrected chi connectivity index (χ0v) is 42.9. The summed E-state index contributed by atoms with van der Waals surface area (Å²) in [6.07, 6.45) is 11.3. The summed E-state index contributed by atoms with van der Waals surface area (Å²) in [5, 5.41) is 11.9. The maximum absolute atomic E-state index is 13.6. The number of nitrogens with one attached hydrogen (secondary N) is 4. The number of benzene rings is 2. The van der Waals surface area contributed by atoms with Crippen LogP contribution in [0.5, 0.6) is 5.75 Å². The van der Waals surface area contributed by atoms with Gasteiger partial charge in [0.15, 0.2) is 12.1 Å². The number of carbonyl (C=O) groups is 6. The Morgan fingerprint density at radius 3 is 2.49 bits per heavy atom. The van der Waals surface area contributed by atoms with Crippen LogP contribution < -0.4 is 35.8 Å². The van der Waals surface area contributed by atoms with Crippen LogP contribution in [0.15, 0.2) is 42.6 Å². The molecule has 2 unspecified atom stereocenters. The molecule has 3 atom stereocenters. The fourth-order valence-corrected chi connectivity index (χ4v) is 11.1. The molecule has 21 nitrogen and oxygen atoms in total. The number of ether oxygens (including phenoxy) is 4. The second kappa shape index (κ2) is 24.4. The molecule has 5 aliphatic heterocycles. The van der Waals surface area contributed by atoms with E-state index < -0.39 is 11.9 Å². The van der Waals surface area contributed by atoms with Gasteiger partial charge in [-0.2, -0.15) is 4.98 Å². The number of carbonyl (C=O) groups excluding carboxylic acids is 6. The molecule has 1 aromatic heterocycles. The summed E-state index contributed by atoms with van der Waals surface area (Å²) in [6, 6.07) is 9.66. The molecule has 398 valence electrons. The molecule has 74 heavy (non-hydrogen) atoms. The second-order valence-corrected chi connectivity index (χ2v) is 20.0. The Kier molecular flexibility index (Phi) is 17.3. The zero-order valence-electron chi connectivity index (χ0n) is 42.9. The van der Waals surface area contributed by atoms with Gasteiger partial charge in [-0.05, 0) is 88.1 Å². The number of fused-ring (bicyclic) bond motifs is 2. The van der Waals surface area contributed by atoms with Gasteiger partial charge in [-0.1, -0.05) is 25.8 Å². The van der Waals surface area contributed by atoms with Gasteiger partial charge in [0, 0.05) is 93.8 Å². The van der Waals surface area contributed by atoms with Crippen molar-refractivity contribution in [2.24, 2.45) is 0 Å². The van der Waals surface area contributed by atoms with E-state index in [1.807, 2.05) is 11.8 Å². The van der Waals surface area contributed by atoms with E-state index in [0.717, 1.165) is 83.2 Å². The van der Waals surface area contributed by atoms with Gasteiger partial charge in [0.25, 0.3) is 11.8 Å². The molecule has 0 radical (unpaired) electrons. The lowest BCUT2D eigenvalue weighted by Gasteiger charge is -2.43. The molecule has 6 aliphatic rings. The first-order chi connectivity index (χ1) is 36.0. The Bertz CT molecular complexity index is 2530. The van der Waals surface area contributed by atoms with Gasteiger partial charge >= 0.3 is 0 Å². The molecule has 21 heteroatoms. The number of anilines is 5. The Balaban J connectivity index is 0.725. The van der Waals surface area contributed by atoms with Crippen LogP contribution in [0, 0.1) is 0 Å². The van der Waals surface area contributed by atoms with Crippen LogP contribution in [0.4, 0.5) is 28.8 Å². The number of hydrogen-bond donors (Lipinski definition) is 4. The normalized spacial score (nSPS) is 21.7. The van der Waals surface area contributed by atoms with Crippen LogP contribution in [0.3, 0.4) is 0 Å². The molecule has 1 saturated carbocycles. The lowest BCUT2D eigenvalue weighted by molar-refractivity contribution is -0.164. The van der Waals surface area contributed by atoms with E-state index in [2.05, 4.69) is 36.1 Å². The Morgan fingerprint density at radius 1 is 0.932 bits per heavy atom. The maximum Gasteiger partial charge on any atom is 0.255 e. The predicted octanol–water partition coefficient (Wildman–Crippen LogP) is 4.19. The summed E-state index contributed by atoms with van der Waals surface area (Å²) in [7, 11) is 3.34. The molecule has 9 rings (SSSR count). The summed E-state index contributed by atoms with van der Waals surface area (Å²) < 4.78 is 23.6. The highest BCUT2D eigenvalue weighted by atomic mass is 16.7. The average molecular weight is 1020 g/mol. The van der Waals surface area contributed by atoms with Crippen molar-refractivity contribution < 1.29 is 47.7 Å². The van der Waals surface area contributed by atoms with E-state index in [1.165, 1.54) is 4.90 Å². The third kappa shape index (κ3) is 12.3.